The zero-order valence-corrected chi connectivity index (χ0v) is 17.9. The highest BCUT2D eigenvalue weighted by atomic mass is 32.2. The zero-order chi connectivity index (χ0) is 21.5. The number of morpholine rings is 1. The van der Waals surface area contributed by atoms with Gasteiger partial charge in [0.2, 0.25) is 5.75 Å². The molecule has 0 atom stereocenters. The van der Waals surface area contributed by atoms with Gasteiger partial charge in [0.05, 0.1) is 46.0 Å². The standard InChI is InChI=1S/C21H22N4O4S/c1-5-10-30-21-23-18(14-11-16(26-2)19(28-4)17(12-14)27-3)15(13-22)20(24-21)25-6-8-29-9-7-25/h1,11-12H,6-10H2,2-4H3. The van der Waals surface area contributed by atoms with Crippen LogP contribution < -0.4 is 19.1 Å². The number of nitrogens with zero attached hydrogens (tertiary/aromatic N) is 4. The molecule has 1 aliphatic rings. The number of benzene rings is 1. The van der Waals surface area contributed by atoms with Crippen molar-refractivity contribution in [2.45, 2.75) is 5.16 Å². The fraction of sp³-hybridized carbons (Fsp3) is 0.381. The van der Waals surface area contributed by atoms with E-state index in [1.54, 1.807) is 26.4 Å². The van der Waals surface area contributed by atoms with Gasteiger partial charge in [-0.3, -0.25) is 0 Å². The van der Waals surface area contributed by atoms with Crippen LogP contribution >= 0.6 is 11.8 Å². The summed E-state index contributed by atoms with van der Waals surface area (Å²) >= 11 is 1.34. The summed E-state index contributed by atoms with van der Waals surface area (Å²) in [4.78, 5) is 11.3. The number of nitriles is 1. The summed E-state index contributed by atoms with van der Waals surface area (Å²) in [5, 5.41) is 10.5. The van der Waals surface area contributed by atoms with Gasteiger partial charge in [-0.2, -0.15) is 5.26 Å². The molecule has 9 heteroatoms. The fourth-order valence-corrected chi connectivity index (χ4v) is 3.65. The highest BCUT2D eigenvalue weighted by Crippen LogP contribution is 2.42. The third-order valence-electron chi connectivity index (χ3n) is 4.51. The molecule has 3 rings (SSSR count). The Hall–Kier alpha value is -3.14. The van der Waals surface area contributed by atoms with Gasteiger partial charge in [-0.1, -0.05) is 17.7 Å². The van der Waals surface area contributed by atoms with E-state index in [2.05, 4.69) is 22.0 Å². The zero-order valence-electron chi connectivity index (χ0n) is 17.1. The Bertz CT molecular complexity index is 969. The lowest BCUT2D eigenvalue weighted by Crippen LogP contribution is -2.37. The monoisotopic (exact) mass is 426 g/mol. The first-order valence-corrected chi connectivity index (χ1v) is 10.2. The maximum absolute atomic E-state index is 10.00. The van der Waals surface area contributed by atoms with Crippen LogP contribution in [0.15, 0.2) is 17.3 Å². The summed E-state index contributed by atoms with van der Waals surface area (Å²) < 4.78 is 21.8. The van der Waals surface area contributed by atoms with Crippen molar-refractivity contribution >= 4 is 17.6 Å². The quantitative estimate of drug-likeness (QED) is 0.376. The molecule has 1 fully saturated rings. The molecule has 1 aromatic heterocycles. The Balaban J connectivity index is 2.22. The van der Waals surface area contributed by atoms with E-state index in [-0.39, 0.29) is 0 Å². The molecule has 1 aliphatic heterocycles. The van der Waals surface area contributed by atoms with Crippen molar-refractivity contribution in [2.75, 3.05) is 58.3 Å². The van der Waals surface area contributed by atoms with Gasteiger partial charge in [-0.05, 0) is 12.1 Å². The normalized spacial score (nSPS) is 13.3. The van der Waals surface area contributed by atoms with Gasteiger partial charge in [-0.25, -0.2) is 9.97 Å². The lowest BCUT2D eigenvalue weighted by atomic mass is 10.0. The first kappa shape index (κ1) is 21.6. The Morgan fingerprint density at radius 1 is 1.13 bits per heavy atom. The van der Waals surface area contributed by atoms with E-state index in [0.29, 0.717) is 77.1 Å². The smallest absolute Gasteiger partial charge is 0.203 e. The number of ether oxygens (including phenoxy) is 4. The molecule has 156 valence electrons. The molecular formula is C21H22N4O4S. The van der Waals surface area contributed by atoms with Crippen LogP contribution in [0, 0.1) is 23.7 Å². The number of thioether (sulfide) groups is 1. The maximum Gasteiger partial charge on any atom is 0.203 e. The minimum Gasteiger partial charge on any atom is -0.493 e. The number of terminal acetylenes is 1. The van der Waals surface area contributed by atoms with E-state index >= 15 is 0 Å². The van der Waals surface area contributed by atoms with E-state index in [4.69, 9.17) is 25.4 Å². The summed E-state index contributed by atoms with van der Waals surface area (Å²) in [6, 6.07) is 5.81. The molecule has 1 aromatic carbocycles. The summed E-state index contributed by atoms with van der Waals surface area (Å²) in [6.45, 7) is 2.42. The van der Waals surface area contributed by atoms with Crippen LogP contribution in [0.4, 0.5) is 5.82 Å². The summed E-state index contributed by atoms with van der Waals surface area (Å²) in [7, 11) is 4.62. The molecule has 0 N–H and O–H groups in total. The van der Waals surface area contributed by atoms with Crippen LogP contribution in [0.1, 0.15) is 5.56 Å². The summed E-state index contributed by atoms with van der Waals surface area (Å²) in [5.74, 6) is 4.98. The molecule has 0 unspecified atom stereocenters. The SMILES string of the molecule is C#CCSc1nc(-c2cc(OC)c(OC)c(OC)c2)c(C#N)c(N2CCOCC2)n1. The molecule has 1 saturated heterocycles. The highest BCUT2D eigenvalue weighted by Gasteiger charge is 2.24. The molecule has 0 radical (unpaired) electrons. The Labute approximate surface area is 180 Å². The molecular weight excluding hydrogens is 404 g/mol. The Kier molecular flexibility index (Phi) is 7.23. The van der Waals surface area contributed by atoms with Crippen LogP contribution in [0.2, 0.25) is 0 Å². The van der Waals surface area contributed by atoms with Crippen molar-refractivity contribution < 1.29 is 18.9 Å². The Morgan fingerprint density at radius 2 is 1.80 bits per heavy atom. The second-order valence-corrected chi connectivity index (χ2v) is 7.11. The fourth-order valence-electron chi connectivity index (χ4n) is 3.13. The van der Waals surface area contributed by atoms with Crippen molar-refractivity contribution in [1.82, 2.24) is 9.97 Å². The summed E-state index contributed by atoms with van der Waals surface area (Å²) in [6.07, 6.45) is 5.42. The van der Waals surface area contributed by atoms with Crippen LogP contribution in [-0.2, 0) is 4.74 Å². The third-order valence-corrected chi connectivity index (χ3v) is 5.27. The number of rotatable bonds is 7. The lowest BCUT2D eigenvalue weighted by Gasteiger charge is -2.29. The number of aromatic nitrogens is 2. The van der Waals surface area contributed by atoms with Gasteiger partial charge >= 0.3 is 0 Å². The van der Waals surface area contributed by atoms with Gasteiger partial charge in [0, 0.05) is 18.7 Å². The predicted octanol–water partition coefficient (Wildman–Crippen LogP) is 2.60. The molecule has 2 heterocycles. The Morgan fingerprint density at radius 3 is 2.33 bits per heavy atom. The number of hydrogen-bond donors (Lipinski definition) is 0. The maximum atomic E-state index is 10.00. The van der Waals surface area contributed by atoms with Crippen LogP contribution in [0.3, 0.4) is 0 Å². The molecule has 0 bridgehead atoms. The van der Waals surface area contributed by atoms with Gasteiger partial charge in [0.25, 0.3) is 0 Å². The topological polar surface area (TPSA) is 89.7 Å². The second kappa shape index (κ2) is 10.1. The predicted molar refractivity (Wildman–Crippen MR) is 114 cm³/mol. The van der Waals surface area contributed by atoms with Crippen LogP contribution in [0.25, 0.3) is 11.3 Å². The van der Waals surface area contributed by atoms with Crippen molar-refractivity contribution in [3.05, 3.63) is 17.7 Å². The van der Waals surface area contributed by atoms with Gasteiger partial charge in [0.15, 0.2) is 22.5 Å². The molecule has 0 aliphatic carbocycles. The van der Waals surface area contributed by atoms with E-state index in [1.807, 2.05) is 4.90 Å². The van der Waals surface area contributed by atoms with Crippen molar-refractivity contribution in [3.8, 4) is 46.9 Å². The minimum atomic E-state index is 0.372. The average Bonchev–Trinajstić information content (AvgIpc) is 2.81. The molecule has 30 heavy (non-hydrogen) atoms. The van der Waals surface area contributed by atoms with Crippen molar-refractivity contribution in [2.24, 2.45) is 0 Å². The second-order valence-electron chi connectivity index (χ2n) is 6.17. The van der Waals surface area contributed by atoms with Crippen molar-refractivity contribution in [3.63, 3.8) is 0 Å². The van der Waals surface area contributed by atoms with E-state index < -0.39 is 0 Å². The third kappa shape index (κ3) is 4.38. The first-order valence-electron chi connectivity index (χ1n) is 9.18. The summed E-state index contributed by atoms with van der Waals surface area (Å²) in [5.41, 5.74) is 1.50. The minimum absolute atomic E-state index is 0.372. The number of hydrogen-bond acceptors (Lipinski definition) is 9. The highest BCUT2D eigenvalue weighted by molar-refractivity contribution is 7.99. The lowest BCUT2D eigenvalue weighted by molar-refractivity contribution is 0.122. The van der Waals surface area contributed by atoms with E-state index in [9.17, 15) is 5.26 Å². The first-order chi connectivity index (χ1) is 14.7. The van der Waals surface area contributed by atoms with Crippen LogP contribution in [-0.4, -0.2) is 63.4 Å². The molecule has 0 spiro atoms. The average molecular weight is 426 g/mol. The van der Waals surface area contributed by atoms with Gasteiger partial charge in [-0.15, -0.1) is 6.42 Å². The van der Waals surface area contributed by atoms with Gasteiger partial charge < -0.3 is 23.8 Å². The van der Waals surface area contributed by atoms with Crippen molar-refractivity contribution in [1.29, 1.82) is 5.26 Å². The molecule has 0 saturated carbocycles. The number of anilines is 1. The molecule has 2 aromatic rings. The van der Waals surface area contributed by atoms with E-state index in [1.165, 1.54) is 18.9 Å². The van der Waals surface area contributed by atoms with Gasteiger partial charge in [0.1, 0.15) is 11.6 Å². The molecule has 0 amide bonds. The van der Waals surface area contributed by atoms with E-state index in [0.717, 1.165) is 0 Å². The largest absolute Gasteiger partial charge is 0.493 e. The van der Waals surface area contributed by atoms with Crippen LogP contribution in [0.5, 0.6) is 17.2 Å². The molecule has 8 nitrogen and oxygen atoms in total. The number of methoxy groups -OCH3 is 3.